The van der Waals surface area contributed by atoms with Crippen molar-refractivity contribution in [3.8, 4) is 0 Å². The molecule has 0 spiro atoms. The second-order valence-corrected chi connectivity index (χ2v) is 9.27. The van der Waals surface area contributed by atoms with Gasteiger partial charge < -0.3 is 10.2 Å². The molecule has 1 aliphatic rings. The molecule has 0 aliphatic carbocycles. The number of piperazine rings is 1. The first-order valence-corrected chi connectivity index (χ1v) is 11.3. The van der Waals surface area contributed by atoms with Crippen LogP contribution in [0.15, 0.2) is 18.2 Å². The molecular weight excluding hydrogens is 404 g/mol. The molecule has 0 radical (unpaired) electrons. The molecule has 8 nitrogen and oxygen atoms in total. The van der Waals surface area contributed by atoms with Crippen LogP contribution < -0.4 is 5.32 Å². The van der Waals surface area contributed by atoms with Crippen molar-refractivity contribution in [2.45, 2.75) is 13.8 Å². The van der Waals surface area contributed by atoms with Crippen LogP contribution >= 0.6 is 11.6 Å². The monoisotopic (exact) mass is 430 g/mol. The Hall–Kier alpha value is -1.68. The first-order valence-electron chi connectivity index (χ1n) is 9.11. The standard InChI is InChI=1S/C18H27ClN4O4S/c1-4-21(12-17(24)20-16-11-15(19)6-5-14(16)2)13-18(25)22-7-9-23(10-8-22)28(3,26)27/h5-6,11H,4,7-10,12-13H2,1-3H3,(H,20,24). The molecule has 2 amide bonds. The summed E-state index contributed by atoms with van der Waals surface area (Å²) in [6.45, 7) is 5.80. The maximum atomic E-state index is 12.5. The summed E-state index contributed by atoms with van der Waals surface area (Å²) in [5, 5.41) is 3.37. The third kappa shape index (κ3) is 6.44. The molecule has 1 N–H and O–H groups in total. The summed E-state index contributed by atoms with van der Waals surface area (Å²) in [7, 11) is -3.23. The van der Waals surface area contributed by atoms with Crippen LogP contribution in [0.2, 0.25) is 5.02 Å². The van der Waals surface area contributed by atoms with E-state index in [1.165, 1.54) is 10.6 Å². The van der Waals surface area contributed by atoms with E-state index in [4.69, 9.17) is 11.6 Å². The zero-order valence-electron chi connectivity index (χ0n) is 16.4. The molecule has 1 fully saturated rings. The number of carbonyl (C=O) groups is 2. The van der Waals surface area contributed by atoms with Crippen molar-refractivity contribution >= 4 is 39.1 Å². The summed E-state index contributed by atoms with van der Waals surface area (Å²) in [6.07, 6.45) is 1.17. The van der Waals surface area contributed by atoms with Gasteiger partial charge in [0, 0.05) is 36.9 Å². The van der Waals surface area contributed by atoms with Crippen LogP contribution in [-0.2, 0) is 19.6 Å². The van der Waals surface area contributed by atoms with Gasteiger partial charge in [-0.15, -0.1) is 0 Å². The molecule has 0 saturated carbocycles. The minimum atomic E-state index is -3.23. The number of halogens is 1. The van der Waals surface area contributed by atoms with E-state index in [1.54, 1.807) is 21.9 Å². The lowest BCUT2D eigenvalue weighted by Crippen LogP contribution is -2.52. The molecule has 1 saturated heterocycles. The molecule has 1 aromatic rings. The van der Waals surface area contributed by atoms with E-state index >= 15 is 0 Å². The third-order valence-corrected chi connectivity index (χ3v) is 6.25. The highest BCUT2D eigenvalue weighted by Crippen LogP contribution is 2.20. The van der Waals surface area contributed by atoms with Gasteiger partial charge in [-0.1, -0.05) is 24.6 Å². The zero-order valence-corrected chi connectivity index (χ0v) is 18.0. The van der Waals surface area contributed by atoms with Crippen LogP contribution in [-0.4, -0.2) is 86.4 Å². The van der Waals surface area contributed by atoms with Gasteiger partial charge in [-0.05, 0) is 31.2 Å². The Morgan fingerprint density at radius 1 is 1.18 bits per heavy atom. The minimum absolute atomic E-state index is 0.0809. The highest BCUT2D eigenvalue weighted by molar-refractivity contribution is 7.88. The number of nitrogens with zero attached hydrogens (tertiary/aromatic N) is 3. The van der Waals surface area contributed by atoms with Crippen molar-refractivity contribution in [2.75, 3.05) is 57.4 Å². The van der Waals surface area contributed by atoms with Crippen LogP contribution in [0.5, 0.6) is 0 Å². The van der Waals surface area contributed by atoms with Crippen LogP contribution in [0, 0.1) is 6.92 Å². The average Bonchev–Trinajstić information content (AvgIpc) is 2.63. The van der Waals surface area contributed by atoms with Crippen LogP contribution in [0.25, 0.3) is 0 Å². The van der Waals surface area contributed by atoms with Crippen LogP contribution in [0.3, 0.4) is 0 Å². The summed E-state index contributed by atoms with van der Waals surface area (Å²) < 4.78 is 24.5. The molecule has 0 bridgehead atoms. The molecule has 10 heteroatoms. The molecule has 156 valence electrons. The number of aryl methyl sites for hydroxylation is 1. The molecule has 0 aromatic heterocycles. The van der Waals surface area contributed by atoms with Crippen molar-refractivity contribution in [1.82, 2.24) is 14.1 Å². The van der Waals surface area contributed by atoms with E-state index in [0.717, 1.165) is 5.56 Å². The number of likely N-dealkylation sites (N-methyl/N-ethyl adjacent to an activating group) is 1. The summed E-state index contributed by atoms with van der Waals surface area (Å²) >= 11 is 5.97. The Labute approximate surface area is 171 Å². The van der Waals surface area contributed by atoms with E-state index in [9.17, 15) is 18.0 Å². The molecule has 1 aromatic carbocycles. The number of hydrogen-bond acceptors (Lipinski definition) is 5. The van der Waals surface area contributed by atoms with Gasteiger partial charge in [0.15, 0.2) is 0 Å². The van der Waals surface area contributed by atoms with Crippen molar-refractivity contribution < 1.29 is 18.0 Å². The lowest BCUT2D eigenvalue weighted by molar-refractivity contribution is -0.133. The third-order valence-electron chi connectivity index (χ3n) is 4.71. The fourth-order valence-corrected chi connectivity index (χ4v) is 3.96. The minimum Gasteiger partial charge on any atom is -0.339 e. The van der Waals surface area contributed by atoms with Gasteiger partial charge in [0.2, 0.25) is 21.8 Å². The fourth-order valence-electron chi connectivity index (χ4n) is 2.96. The number of amides is 2. The van der Waals surface area contributed by atoms with E-state index in [-0.39, 0.29) is 24.9 Å². The molecule has 28 heavy (non-hydrogen) atoms. The fraction of sp³-hybridized carbons (Fsp3) is 0.556. The predicted molar refractivity (Wildman–Crippen MR) is 110 cm³/mol. The number of carbonyl (C=O) groups excluding carboxylic acids is 2. The van der Waals surface area contributed by atoms with E-state index in [0.29, 0.717) is 43.4 Å². The number of anilines is 1. The number of nitrogens with one attached hydrogen (secondary N) is 1. The van der Waals surface area contributed by atoms with Gasteiger partial charge in [0.1, 0.15) is 0 Å². The number of rotatable bonds is 7. The second kappa shape index (κ2) is 9.69. The van der Waals surface area contributed by atoms with Crippen LogP contribution in [0.1, 0.15) is 12.5 Å². The summed E-state index contributed by atoms with van der Waals surface area (Å²) in [6, 6.07) is 5.28. The van der Waals surface area contributed by atoms with Gasteiger partial charge in [0.25, 0.3) is 0 Å². The summed E-state index contributed by atoms with van der Waals surface area (Å²) in [5.74, 6) is -0.330. The lowest BCUT2D eigenvalue weighted by Gasteiger charge is -2.34. The zero-order chi connectivity index (χ0) is 20.9. The van der Waals surface area contributed by atoms with Gasteiger partial charge in [-0.2, -0.15) is 4.31 Å². The molecular formula is C18H27ClN4O4S. The Bertz CT molecular complexity index is 823. The summed E-state index contributed by atoms with van der Waals surface area (Å²) in [5.41, 5.74) is 1.55. The quantitative estimate of drug-likeness (QED) is 0.697. The Balaban J connectivity index is 1.87. The Kier molecular flexibility index (Phi) is 7.82. The van der Waals surface area contributed by atoms with Crippen molar-refractivity contribution in [3.05, 3.63) is 28.8 Å². The van der Waals surface area contributed by atoms with E-state index < -0.39 is 10.0 Å². The number of benzene rings is 1. The van der Waals surface area contributed by atoms with Crippen molar-refractivity contribution in [1.29, 1.82) is 0 Å². The lowest BCUT2D eigenvalue weighted by atomic mass is 10.2. The van der Waals surface area contributed by atoms with Crippen molar-refractivity contribution in [2.24, 2.45) is 0 Å². The SMILES string of the molecule is CCN(CC(=O)Nc1cc(Cl)ccc1C)CC(=O)N1CCN(S(C)(=O)=O)CC1. The highest BCUT2D eigenvalue weighted by atomic mass is 35.5. The molecule has 0 atom stereocenters. The topological polar surface area (TPSA) is 90.0 Å². The number of hydrogen-bond donors (Lipinski definition) is 1. The van der Waals surface area contributed by atoms with Gasteiger partial charge in [0.05, 0.1) is 19.3 Å². The number of sulfonamides is 1. The van der Waals surface area contributed by atoms with Gasteiger partial charge in [-0.3, -0.25) is 14.5 Å². The largest absolute Gasteiger partial charge is 0.339 e. The maximum Gasteiger partial charge on any atom is 0.238 e. The maximum absolute atomic E-state index is 12.5. The van der Waals surface area contributed by atoms with Gasteiger partial charge >= 0.3 is 0 Å². The molecule has 1 heterocycles. The second-order valence-electron chi connectivity index (χ2n) is 6.85. The smallest absolute Gasteiger partial charge is 0.238 e. The summed E-state index contributed by atoms with van der Waals surface area (Å²) in [4.78, 5) is 28.3. The predicted octanol–water partition coefficient (Wildman–Crippen LogP) is 1.01. The molecule has 0 unspecified atom stereocenters. The van der Waals surface area contributed by atoms with Crippen molar-refractivity contribution in [3.63, 3.8) is 0 Å². The van der Waals surface area contributed by atoms with Crippen LogP contribution in [0.4, 0.5) is 5.69 Å². The highest BCUT2D eigenvalue weighted by Gasteiger charge is 2.27. The first kappa shape index (κ1) is 22.6. The Morgan fingerprint density at radius 3 is 2.39 bits per heavy atom. The molecule has 2 rings (SSSR count). The normalized spacial score (nSPS) is 15.7. The average molecular weight is 431 g/mol. The first-order chi connectivity index (χ1) is 13.1. The molecule has 1 aliphatic heterocycles. The van der Waals surface area contributed by atoms with Gasteiger partial charge in [-0.25, -0.2) is 8.42 Å². The van der Waals surface area contributed by atoms with E-state index in [2.05, 4.69) is 5.32 Å². The van der Waals surface area contributed by atoms with E-state index in [1.807, 2.05) is 19.9 Å². The Morgan fingerprint density at radius 2 is 1.82 bits per heavy atom.